The largest absolute Gasteiger partial charge is 0.481 e. The molecule has 20 heavy (non-hydrogen) atoms. The molecule has 2 rings (SSSR count). The maximum absolute atomic E-state index is 12.6. The van der Waals surface area contributed by atoms with Gasteiger partial charge in [0.15, 0.2) is 0 Å². The van der Waals surface area contributed by atoms with Gasteiger partial charge in [-0.1, -0.05) is 27.7 Å². The van der Waals surface area contributed by atoms with E-state index in [2.05, 4.69) is 13.8 Å². The maximum Gasteiger partial charge on any atom is 0.307 e. The molecule has 114 valence electrons. The Labute approximate surface area is 121 Å². The predicted molar refractivity (Wildman–Crippen MR) is 77.2 cm³/mol. The van der Waals surface area contributed by atoms with Crippen LogP contribution in [0.1, 0.15) is 53.4 Å². The lowest BCUT2D eigenvalue weighted by molar-refractivity contribution is -0.142. The van der Waals surface area contributed by atoms with Crippen molar-refractivity contribution in [2.75, 3.05) is 7.05 Å². The Bertz CT molecular complexity index is 417. The van der Waals surface area contributed by atoms with Gasteiger partial charge in [-0.2, -0.15) is 0 Å². The number of hydrogen-bond acceptors (Lipinski definition) is 2. The summed E-state index contributed by atoms with van der Waals surface area (Å²) in [6.07, 6.45) is 4.32. The third-order valence-electron chi connectivity index (χ3n) is 5.56. The summed E-state index contributed by atoms with van der Waals surface area (Å²) in [5.74, 6) is -1.68. The van der Waals surface area contributed by atoms with Crippen LogP contribution in [0.4, 0.5) is 0 Å². The molecule has 2 aliphatic rings. The highest BCUT2D eigenvalue weighted by molar-refractivity contribution is 5.91. The van der Waals surface area contributed by atoms with Gasteiger partial charge in [0, 0.05) is 13.1 Å². The van der Waals surface area contributed by atoms with E-state index in [9.17, 15) is 14.7 Å². The molecule has 2 aliphatic carbocycles. The molecule has 1 N–H and O–H groups in total. The van der Waals surface area contributed by atoms with Gasteiger partial charge in [0.25, 0.3) is 0 Å². The fraction of sp³-hybridized carbons (Fsp3) is 0.875. The van der Waals surface area contributed by atoms with Crippen LogP contribution in [0, 0.1) is 22.7 Å². The van der Waals surface area contributed by atoms with Crippen LogP contribution >= 0.6 is 0 Å². The first-order valence-corrected chi connectivity index (χ1v) is 7.57. The quantitative estimate of drug-likeness (QED) is 0.865. The van der Waals surface area contributed by atoms with Crippen molar-refractivity contribution in [3.63, 3.8) is 0 Å². The molecule has 4 nitrogen and oxygen atoms in total. The molecule has 4 heteroatoms. The minimum atomic E-state index is -0.841. The van der Waals surface area contributed by atoms with E-state index in [4.69, 9.17) is 0 Å². The van der Waals surface area contributed by atoms with Crippen molar-refractivity contribution in [2.24, 2.45) is 22.7 Å². The normalized spacial score (nSPS) is 31.6. The highest BCUT2D eigenvalue weighted by Gasteiger charge is 2.66. The molecule has 1 amide bonds. The second-order valence-electron chi connectivity index (χ2n) is 7.96. The minimum Gasteiger partial charge on any atom is -0.481 e. The lowest BCUT2D eigenvalue weighted by atomic mass is 9.75. The number of carbonyl (C=O) groups is 2. The second kappa shape index (κ2) is 4.74. The number of nitrogens with zero attached hydrogens (tertiary/aromatic N) is 1. The topological polar surface area (TPSA) is 57.6 Å². The zero-order valence-corrected chi connectivity index (χ0v) is 13.3. The molecule has 0 aromatic carbocycles. The summed E-state index contributed by atoms with van der Waals surface area (Å²) in [5, 5.41) is 9.20. The molecule has 2 atom stereocenters. The van der Waals surface area contributed by atoms with Gasteiger partial charge in [0.1, 0.15) is 0 Å². The number of carbonyl (C=O) groups excluding carboxylic acids is 1. The number of hydrogen-bond donors (Lipinski definition) is 1. The van der Waals surface area contributed by atoms with Crippen LogP contribution in [0.3, 0.4) is 0 Å². The Balaban J connectivity index is 1.99. The minimum absolute atomic E-state index is 0.0205. The molecule has 2 unspecified atom stereocenters. The predicted octanol–water partition coefficient (Wildman–Crippen LogP) is 2.77. The summed E-state index contributed by atoms with van der Waals surface area (Å²) in [6.45, 7) is 8.31. The van der Waals surface area contributed by atoms with Crippen LogP contribution in [-0.2, 0) is 9.59 Å². The van der Waals surface area contributed by atoms with E-state index in [0.29, 0.717) is 5.41 Å². The zero-order valence-electron chi connectivity index (χ0n) is 13.3. The third kappa shape index (κ3) is 2.57. The number of aliphatic carboxylic acids is 1. The smallest absolute Gasteiger partial charge is 0.307 e. The Hall–Kier alpha value is -1.06. The van der Waals surface area contributed by atoms with Crippen molar-refractivity contribution < 1.29 is 14.7 Å². The first-order valence-electron chi connectivity index (χ1n) is 7.57. The van der Waals surface area contributed by atoms with Crippen LogP contribution < -0.4 is 0 Å². The number of carboxylic acid groups (broad SMARTS) is 1. The van der Waals surface area contributed by atoms with Crippen molar-refractivity contribution in [1.29, 1.82) is 0 Å². The van der Waals surface area contributed by atoms with Crippen LogP contribution in [0.25, 0.3) is 0 Å². The molecule has 0 spiro atoms. The maximum atomic E-state index is 12.6. The van der Waals surface area contributed by atoms with Gasteiger partial charge < -0.3 is 10.0 Å². The van der Waals surface area contributed by atoms with Crippen molar-refractivity contribution in [2.45, 2.75) is 59.4 Å². The lowest BCUT2D eigenvalue weighted by Crippen LogP contribution is -2.42. The van der Waals surface area contributed by atoms with Crippen LogP contribution in [0.5, 0.6) is 0 Å². The van der Waals surface area contributed by atoms with Crippen LogP contribution in [-0.4, -0.2) is 35.0 Å². The van der Waals surface area contributed by atoms with Crippen molar-refractivity contribution in [3.05, 3.63) is 0 Å². The summed E-state index contributed by atoms with van der Waals surface area (Å²) in [6, 6.07) is 0.279. The SMILES string of the molecule is CN(C(=O)C1C(C(=O)O)C1(C)C)C1CCC(C)(C)CC1. The molecule has 0 aliphatic heterocycles. The van der Waals surface area contributed by atoms with Gasteiger partial charge in [-0.3, -0.25) is 9.59 Å². The fourth-order valence-electron chi connectivity index (χ4n) is 3.73. The number of amides is 1. The molecule has 2 fully saturated rings. The monoisotopic (exact) mass is 281 g/mol. The van der Waals surface area contributed by atoms with Gasteiger partial charge >= 0.3 is 5.97 Å². The summed E-state index contributed by atoms with van der Waals surface area (Å²) >= 11 is 0. The van der Waals surface area contributed by atoms with E-state index in [1.165, 1.54) is 0 Å². The first kappa shape index (κ1) is 15.3. The molecule has 0 heterocycles. The highest BCUT2D eigenvalue weighted by Crippen LogP contribution is 2.59. The van der Waals surface area contributed by atoms with E-state index in [1.807, 2.05) is 25.8 Å². The Kier molecular flexibility index (Phi) is 3.64. The third-order valence-corrected chi connectivity index (χ3v) is 5.56. The summed E-state index contributed by atoms with van der Waals surface area (Å²) in [5.41, 5.74) is -0.0199. The van der Waals surface area contributed by atoms with Gasteiger partial charge in [-0.05, 0) is 36.5 Å². The molecular formula is C16H27NO3. The van der Waals surface area contributed by atoms with Gasteiger partial charge in [-0.25, -0.2) is 0 Å². The zero-order chi connectivity index (χ0) is 15.3. The Morgan fingerprint density at radius 1 is 1.05 bits per heavy atom. The average molecular weight is 281 g/mol. The Morgan fingerprint density at radius 3 is 1.95 bits per heavy atom. The van der Waals surface area contributed by atoms with E-state index in [1.54, 1.807) is 0 Å². The molecule has 0 saturated heterocycles. The van der Waals surface area contributed by atoms with Crippen molar-refractivity contribution in [3.8, 4) is 0 Å². The average Bonchev–Trinajstić information content (AvgIpc) is 2.90. The molecular weight excluding hydrogens is 254 g/mol. The van der Waals surface area contributed by atoms with Gasteiger partial charge in [-0.15, -0.1) is 0 Å². The standard InChI is InChI=1S/C16H27NO3/c1-15(2)8-6-10(7-9-15)17(5)13(18)11-12(14(19)20)16(11,3)4/h10-12H,6-9H2,1-5H3,(H,19,20). The van der Waals surface area contributed by atoms with Gasteiger partial charge in [0.2, 0.25) is 5.91 Å². The highest BCUT2D eigenvalue weighted by atomic mass is 16.4. The Morgan fingerprint density at radius 2 is 1.55 bits per heavy atom. The molecule has 2 saturated carbocycles. The number of carboxylic acids is 1. The van der Waals surface area contributed by atoms with Crippen molar-refractivity contribution >= 4 is 11.9 Å². The molecule has 0 aromatic heterocycles. The summed E-state index contributed by atoms with van der Waals surface area (Å²) in [7, 11) is 1.85. The lowest BCUT2D eigenvalue weighted by Gasteiger charge is -2.38. The van der Waals surface area contributed by atoms with Crippen LogP contribution in [0.2, 0.25) is 0 Å². The summed E-state index contributed by atoms with van der Waals surface area (Å²) in [4.78, 5) is 25.6. The molecule has 0 bridgehead atoms. The molecule has 0 radical (unpaired) electrons. The summed E-state index contributed by atoms with van der Waals surface area (Å²) < 4.78 is 0. The second-order valence-corrected chi connectivity index (χ2v) is 7.96. The number of rotatable bonds is 3. The fourth-order valence-corrected chi connectivity index (χ4v) is 3.73. The van der Waals surface area contributed by atoms with Crippen molar-refractivity contribution in [1.82, 2.24) is 4.90 Å². The molecule has 0 aromatic rings. The van der Waals surface area contributed by atoms with Crippen LogP contribution in [0.15, 0.2) is 0 Å². The van der Waals surface area contributed by atoms with Gasteiger partial charge in [0.05, 0.1) is 11.8 Å². The van der Waals surface area contributed by atoms with E-state index >= 15 is 0 Å². The van der Waals surface area contributed by atoms with E-state index < -0.39 is 17.3 Å². The van der Waals surface area contributed by atoms with E-state index in [0.717, 1.165) is 25.7 Å². The first-order chi connectivity index (χ1) is 9.08. The van der Waals surface area contributed by atoms with E-state index in [-0.39, 0.29) is 17.9 Å².